The van der Waals surface area contributed by atoms with Crippen LogP contribution in [0.3, 0.4) is 0 Å². The Balaban J connectivity index is 1.94. The molecule has 2 rings (SSSR count). The highest BCUT2D eigenvalue weighted by Gasteiger charge is 2.29. The quantitative estimate of drug-likeness (QED) is 0.709. The Morgan fingerprint density at radius 3 is 2.08 bits per heavy atom. The molecule has 2 unspecified atom stereocenters. The van der Waals surface area contributed by atoms with Crippen LogP contribution in [-0.2, 0) is 14.4 Å². The standard InChI is InChI=1S/C19H27N3O3/c1-11(2)17(21-13(4)23)19(25)20-12(3)14-7-9-16(10-8-14)22-18(24)15-5-6-15/h7-12,15,17H,5-6H2,1-4H3,(H,20,25)(H,21,23)(H,22,24). The molecule has 6 heteroatoms. The summed E-state index contributed by atoms with van der Waals surface area (Å²) in [5.74, 6) is -0.194. The van der Waals surface area contributed by atoms with E-state index in [4.69, 9.17) is 0 Å². The Bertz CT molecular complexity index is 636. The molecule has 3 amide bonds. The van der Waals surface area contributed by atoms with Crippen LogP contribution in [0.5, 0.6) is 0 Å². The SMILES string of the molecule is CC(=O)NC(C(=O)NC(C)c1ccc(NC(=O)C2CC2)cc1)C(C)C. The minimum Gasteiger partial charge on any atom is -0.348 e. The third kappa shape index (κ3) is 5.59. The second-order valence-corrected chi connectivity index (χ2v) is 7.04. The summed E-state index contributed by atoms with van der Waals surface area (Å²) in [5.41, 5.74) is 1.69. The van der Waals surface area contributed by atoms with Gasteiger partial charge in [0.2, 0.25) is 17.7 Å². The molecule has 0 saturated heterocycles. The molecule has 1 aliphatic carbocycles. The van der Waals surface area contributed by atoms with Crippen LogP contribution in [0.15, 0.2) is 24.3 Å². The molecule has 136 valence electrons. The summed E-state index contributed by atoms with van der Waals surface area (Å²) in [6, 6.07) is 6.69. The van der Waals surface area contributed by atoms with Crippen molar-refractivity contribution >= 4 is 23.4 Å². The fourth-order valence-electron chi connectivity index (χ4n) is 2.59. The van der Waals surface area contributed by atoms with Crippen LogP contribution in [0.1, 0.15) is 52.1 Å². The summed E-state index contributed by atoms with van der Waals surface area (Å²) in [5, 5.41) is 8.51. The lowest BCUT2D eigenvalue weighted by Gasteiger charge is -2.23. The minimum absolute atomic E-state index is 0.00360. The van der Waals surface area contributed by atoms with E-state index in [9.17, 15) is 14.4 Å². The zero-order chi connectivity index (χ0) is 18.6. The summed E-state index contributed by atoms with van der Waals surface area (Å²) >= 11 is 0. The molecular formula is C19H27N3O3. The molecule has 6 nitrogen and oxygen atoms in total. The van der Waals surface area contributed by atoms with Crippen molar-refractivity contribution in [3.05, 3.63) is 29.8 Å². The van der Waals surface area contributed by atoms with Gasteiger partial charge in [-0.05, 0) is 43.4 Å². The maximum atomic E-state index is 12.4. The number of hydrogen-bond acceptors (Lipinski definition) is 3. The number of nitrogens with one attached hydrogen (secondary N) is 3. The van der Waals surface area contributed by atoms with E-state index in [1.807, 2.05) is 45.0 Å². The van der Waals surface area contributed by atoms with Gasteiger partial charge >= 0.3 is 0 Å². The first-order valence-electron chi connectivity index (χ1n) is 8.76. The predicted octanol–water partition coefficient (Wildman–Crippen LogP) is 2.37. The summed E-state index contributed by atoms with van der Waals surface area (Å²) in [4.78, 5) is 35.4. The maximum absolute atomic E-state index is 12.4. The molecule has 0 aliphatic heterocycles. The molecule has 0 heterocycles. The maximum Gasteiger partial charge on any atom is 0.243 e. The third-order valence-corrected chi connectivity index (χ3v) is 4.29. The van der Waals surface area contributed by atoms with Crippen LogP contribution >= 0.6 is 0 Å². The molecule has 1 fully saturated rings. The van der Waals surface area contributed by atoms with E-state index in [1.165, 1.54) is 6.92 Å². The fourth-order valence-corrected chi connectivity index (χ4v) is 2.59. The molecule has 1 aromatic rings. The van der Waals surface area contributed by atoms with Crippen LogP contribution < -0.4 is 16.0 Å². The van der Waals surface area contributed by atoms with Crippen molar-refractivity contribution in [1.29, 1.82) is 0 Å². The first-order chi connectivity index (χ1) is 11.8. The Labute approximate surface area is 148 Å². The molecule has 1 aromatic carbocycles. The van der Waals surface area contributed by atoms with Crippen molar-refractivity contribution in [3.8, 4) is 0 Å². The molecule has 3 N–H and O–H groups in total. The highest BCUT2D eigenvalue weighted by molar-refractivity contribution is 5.94. The third-order valence-electron chi connectivity index (χ3n) is 4.29. The van der Waals surface area contributed by atoms with E-state index < -0.39 is 6.04 Å². The van der Waals surface area contributed by atoms with E-state index >= 15 is 0 Å². The van der Waals surface area contributed by atoms with Gasteiger partial charge in [0.15, 0.2) is 0 Å². The van der Waals surface area contributed by atoms with Gasteiger partial charge in [-0.15, -0.1) is 0 Å². The number of benzene rings is 1. The van der Waals surface area contributed by atoms with Crippen molar-refractivity contribution in [1.82, 2.24) is 10.6 Å². The average Bonchev–Trinajstić information content (AvgIpc) is 3.37. The van der Waals surface area contributed by atoms with Gasteiger partial charge in [0, 0.05) is 18.5 Å². The lowest BCUT2D eigenvalue weighted by Crippen LogP contribution is -2.49. The van der Waals surface area contributed by atoms with E-state index in [2.05, 4.69) is 16.0 Å². The van der Waals surface area contributed by atoms with Crippen molar-refractivity contribution in [2.24, 2.45) is 11.8 Å². The first kappa shape index (κ1) is 19.0. The number of carbonyl (C=O) groups is 3. The summed E-state index contributed by atoms with van der Waals surface area (Å²) in [6.45, 7) is 7.08. The second-order valence-electron chi connectivity index (χ2n) is 7.04. The number of amides is 3. The molecule has 1 saturated carbocycles. The highest BCUT2D eigenvalue weighted by Crippen LogP contribution is 2.30. The molecular weight excluding hydrogens is 318 g/mol. The van der Waals surface area contributed by atoms with Crippen LogP contribution in [0.2, 0.25) is 0 Å². The smallest absolute Gasteiger partial charge is 0.243 e. The van der Waals surface area contributed by atoms with Gasteiger partial charge in [-0.3, -0.25) is 14.4 Å². The van der Waals surface area contributed by atoms with Crippen LogP contribution in [-0.4, -0.2) is 23.8 Å². The number of rotatable bonds is 7. The normalized spacial score (nSPS) is 16.0. The minimum atomic E-state index is -0.558. The Morgan fingerprint density at radius 2 is 1.60 bits per heavy atom. The van der Waals surface area contributed by atoms with Gasteiger partial charge < -0.3 is 16.0 Å². The van der Waals surface area contributed by atoms with Gasteiger partial charge in [-0.1, -0.05) is 26.0 Å². The lowest BCUT2D eigenvalue weighted by atomic mass is 10.0. The monoisotopic (exact) mass is 345 g/mol. The van der Waals surface area contributed by atoms with E-state index in [1.54, 1.807) is 0 Å². The summed E-state index contributed by atoms with van der Waals surface area (Å²) in [6.07, 6.45) is 1.94. The number of anilines is 1. The van der Waals surface area contributed by atoms with E-state index in [0.717, 1.165) is 24.1 Å². The van der Waals surface area contributed by atoms with Crippen molar-refractivity contribution in [3.63, 3.8) is 0 Å². The van der Waals surface area contributed by atoms with Gasteiger partial charge in [-0.25, -0.2) is 0 Å². The van der Waals surface area contributed by atoms with Gasteiger partial charge in [0.05, 0.1) is 6.04 Å². The van der Waals surface area contributed by atoms with Gasteiger partial charge in [0.25, 0.3) is 0 Å². The van der Waals surface area contributed by atoms with Crippen molar-refractivity contribution in [2.45, 2.75) is 52.6 Å². The molecule has 0 spiro atoms. The molecule has 2 atom stereocenters. The van der Waals surface area contributed by atoms with Gasteiger partial charge in [-0.2, -0.15) is 0 Å². The number of carbonyl (C=O) groups excluding carboxylic acids is 3. The summed E-state index contributed by atoms with van der Waals surface area (Å²) in [7, 11) is 0. The van der Waals surface area contributed by atoms with Crippen molar-refractivity contribution < 1.29 is 14.4 Å². The molecule has 0 bridgehead atoms. The topological polar surface area (TPSA) is 87.3 Å². The fraction of sp³-hybridized carbons (Fsp3) is 0.526. The number of hydrogen-bond donors (Lipinski definition) is 3. The Morgan fingerprint density at radius 1 is 1.00 bits per heavy atom. The summed E-state index contributed by atoms with van der Waals surface area (Å²) < 4.78 is 0. The van der Waals surface area contributed by atoms with E-state index in [-0.39, 0.29) is 35.6 Å². The van der Waals surface area contributed by atoms with Gasteiger partial charge in [0.1, 0.15) is 6.04 Å². The second kappa shape index (κ2) is 8.14. The molecule has 0 radical (unpaired) electrons. The predicted molar refractivity (Wildman–Crippen MR) is 96.8 cm³/mol. The van der Waals surface area contributed by atoms with Crippen LogP contribution in [0.25, 0.3) is 0 Å². The van der Waals surface area contributed by atoms with Crippen LogP contribution in [0.4, 0.5) is 5.69 Å². The van der Waals surface area contributed by atoms with E-state index in [0.29, 0.717) is 0 Å². The Kier molecular flexibility index (Phi) is 6.17. The lowest BCUT2D eigenvalue weighted by molar-refractivity contribution is -0.129. The van der Waals surface area contributed by atoms with Crippen molar-refractivity contribution in [2.75, 3.05) is 5.32 Å². The average molecular weight is 345 g/mol. The molecule has 1 aliphatic rings. The molecule has 0 aromatic heterocycles. The Hall–Kier alpha value is -2.37. The van der Waals surface area contributed by atoms with Crippen LogP contribution in [0, 0.1) is 11.8 Å². The molecule has 25 heavy (non-hydrogen) atoms. The first-order valence-corrected chi connectivity index (χ1v) is 8.76. The zero-order valence-electron chi connectivity index (χ0n) is 15.3. The highest BCUT2D eigenvalue weighted by atomic mass is 16.2. The largest absolute Gasteiger partial charge is 0.348 e. The zero-order valence-corrected chi connectivity index (χ0v) is 15.3.